The minimum absolute atomic E-state index is 0.0985. The summed E-state index contributed by atoms with van der Waals surface area (Å²) in [6.45, 7) is 0.779. The van der Waals surface area contributed by atoms with Crippen LogP contribution in [0.15, 0.2) is 18.3 Å². The highest BCUT2D eigenvalue weighted by atomic mass is 16.5. The Bertz CT molecular complexity index is 510. The Labute approximate surface area is 125 Å². The summed E-state index contributed by atoms with van der Waals surface area (Å²) in [7, 11) is 1.65. The number of rotatable bonds is 4. The van der Waals surface area contributed by atoms with E-state index in [9.17, 15) is 4.79 Å². The number of nitrogens with one attached hydrogen (secondary N) is 2. The van der Waals surface area contributed by atoms with Gasteiger partial charge in [-0.15, -0.1) is 0 Å². The van der Waals surface area contributed by atoms with Crippen LogP contribution in [0.4, 0.5) is 0 Å². The van der Waals surface area contributed by atoms with Gasteiger partial charge < -0.3 is 15.4 Å². The number of hydrogen-bond donors (Lipinski definition) is 2. The van der Waals surface area contributed by atoms with Gasteiger partial charge in [-0.1, -0.05) is 6.07 Å². The van der Waals surface area contributed by atoms with Crippen molar-refractivity contribution in [1.82, 2.24) is 15.6 Å². The Hall–Kier alpha value is -1.62. The molecule has 0 atom stereocenters. The molecule has 1 aliphatic carbocycles. The molecule has 1 aliphatic heterocycles. The number of methoxy groups -OCH3 is 1. The molecule has 2 aliphatic rings. The number of ether oxygens (including phenoxy) is 1. The van der Waals surface area contributed by atoms with Gasteiger partial charge in [0.15, 0.2) is 0 Å². The van der Waals surface area contributed by atoms with Crippen molar-refractivity contribution >= 4 is 5.91 Å². The van der Waals surface area contributed by atoms with E-state index in [1.807, 2.05) is 12.1 Å². The maximum Gasteiger partial charge on any atom is 0.220 e. The third-order valence-electron chi connectivity index (χ3n) is 4.80. The quantitative estimate of drug-likeness (QED) is 0.887. The van der Waals surface area contributed by atoms with E-state index >= 15 is 0 Å². The SMILES string of the molecule is COc1ncccc1CNC1CCC2(CCC(=O)N2)CC1. The zero-order valence-corrected chi connectivity index (χ0v) is 12.5. The zero-order chi connectivity index (χ0) is 14.7. The average molecular weight is 289 g/mol. The molecule has 1 saturated carbocycles. The van der Waals surface area contributed by atoms with Gasteiger partial charge >= 0.3 is 0 Å². The molecule has 1 spiro atoms. The van der Waals surface area contributed by atoms with Crippen molar-refractivity contribution in [3.63, 3.8) is 0 Å². The van der Waals surface area contributed by atoms with E-state index in [4.69, 9.17) is 4.74 Å². The number of carbonyl (C=O) groups excluding carboxylic acids is 1. The Morgan fingerprint density at radius 2 is 2.24 bits per heavy atom. The van der Waals surface area contributed by atoms with Crippen LogP contribution in [-0.2, 0) is 11.3 Å². The summed E-state index contributed by atoms with van der Waals surface area (Å²) in [6, 6.07) is 4.49. The number of amides is 1. The summed E-state index contributed by atoms with van der Waals surface area (Å²) in [5.41, 5.74) is 1.19. The van der Waals surface area contributed by atoms with Gasteiger partial charge in [-0.25, -0.2) is 4.98 Å². The van der Waals surface area contributed by atoms with Gasteiger partial charge in [0, 0.05) is 36.3 Å². The van der Waals surface area contributed by atoms with E-state index in [2.05, 4.69) is 15.6 Å². The second-order valence-corrected chi connectivity index (χ2v) is 6.16. The van der Waals surface area contributed by atoms with Crippen LogP contribution in [0, 0.1) is 0 Å². The third-order valence-corrected chi connectivity index (χ3v) is 4.80. The van der Waals surface area contributed by atoms with Crippen LogP contribution in [0.25, 0.3) is 0 Å². The highest BCUT2D eigenvalue weighted by Crippen LogP contribution is 2.35. The van der Waals surface area contributed by atoms with Crippen molar-refractivity contribution in [3.05, 3.63) is 23.9 Å². The number of hydrogen-bond acceptors (Lipinski definition) is 4. The Morgan fingerprint density at radius 1 is 1.43 bits per heavy atom. The van der Waals surface area contributed by atoms with Gasteiger partial charge in [0.2, 0.25) is 11.8 Å². The molecule has 3 rings (SSSR count). The van der Waals surface area contributed by atoms with E-state index in [1.165, 1.54) is 0 Å². The number of aromatic nitrogens is 1. The lowest BCUT2D eigenvalue weighted by atomic mass is 9.78. The molecule has 0 radical (unpaired) electrons. The van der Waals surface area contributed by atoms with Gasteiger partial charge in [0.25, 0.3) is 0 Å². The van der Waals surface area contributed by atoms with Crippen molar-refractivity contribution in [3.8, 4) is 5.88 Å². The molecule has 2 N–H and O–H groups in total. The van der Waals surface area contributed by atoms with Crippen molar-refractivity contribution in [2.24, 2.45) is 0 Å². The molecule has 2 fully saturated rings. The Morgan fingerprint density at radius 3 is 2.90 bits per heavy atom. The molecule has 1 aromatic heterocycles. The number of nitrogens with zero attached hydrogens (tertiary/aromatic N) is 1. The Kier molecular flexibility index (Phi) is 4.10. The van der Waals surface area contributed by atoms with E-state index in [-0.39, 0.29) is 11.4 Å². The standard InChI is InChI=1S/C16H23N3O2/c1-21-15-12(3-2-10-17-15)11-18-13-4-7-16(8-5-13)9-6-14(20)19-16/h2-3,10,13,18H,4-9,11H2,1H3,(H,19,20). The minimum Gasteiger partial charge on any atom is -0.481 e. The summed E-state index contributed by atoms with van der Waals surface area (Å²) in [5.74, 6) is 0.918. The second-order valence-electron chi connectivity index (χ2n) is 6.16. The largest absolute Gasteiger partial charge is 0.481 e. The van der Waals surface area contributed by atoms with Crippen LogP contribution in [0.3, 0.4) is 0 Å². The number of pyridine rings is 1. The zero-order valence-electron chi connectivity index (χ0n) is 12.5. The van der Waals surface area contributed by atoms with E-state index in [1.54, 1.807) is 13.3 Å². The highest BCUT2D eigenvalue weighted by Gasteiger charge is 2.40. The third kappa shape index (κ3) is 3.18. The van der Waals surface area contributed by atoms with Crippen molar-refractivity contribution < 1.29 is 9.53 Å². The van der Waals surface area contributed by atoms with Gasteiger partial charge in [0.05, 0.1) is 7.11 Å². The normalized spacial score (nSPS) is 28.6. The molecule has 5 nitrogen and oxygen atoms in total. The fourth-order valence-electron chi connectivity index (χ4n) is 3.52. The molecule has 0 aromatic carbocycles. The van der Waals surface area contributed by atoms with Gasteiger partial charge in [-0.2, -0.15) is 0 Å². The fraction of sp³-hybridized carbons (Fsp3) is 0.625. The molecule has 0 unspecified atom stereocenters. The summed E-state index contributed by atoms with van der Waals surface area (Å²) < 4.78 is 5.27. The van der Waals surface area contributed by atoms with Crippen LogP contribution in [0.5, 0.6) is 5.88 Å². The summed E-state index contributed by atoms with van der Waals surface area (Å²) in [4.78, 5) is 15.6. The molecule has 1 amide bonds. The first kappa shape index (κ1) is 14.3. The molecule has 114 valence electrons. The summed E-state index contributed by atoms with van der Waals surface area (Å²) >= 11 is 0. The van der Waals surface area contributed by atoms with Crippen molar-refractivity contribution in [1.29, 1.82) is 0 Å². The fourth-order valence-corrected chi connectivity index (χ4v) is 3.52. The summed E-state index contributed by atoms with van der Waals surface area (Å²) in [6.07, 6.45) is 7.85. The lowest BCUT2D eigenvalue weighted by Crippen LogP contribution is -2.47. The predicted molar refractivity (Wildman–Crippen MR) is 80.0 cm³/mol. The van der Waals surface area contributed by atoms with Crippen molar-refractivity contribution in [2.75, 3.05) is 7.11 Å². The van der Waals surface area contributed by atoms with Gasteiger partial charge in [-0.05, 0) is 38.2 Å². The second kappa shape index (κ2) is 6.02. The molecular formula is C16H23N3O2. The van der Waals surface area contributed by atoms with E-state index in [0.717, 1.165) is 44.2 Å². The molecule has 21 heavy (non-hydrogen) atoms. The first-order valence-electron chi connectivity index (χ1n) is 7.73. The highest BCUT2D eigenvalue weighted by molar-refractivity contribution is 5.79. The first-order valence-corrected chi connectivity index (χ1v) is 7.73. The van der Waals surface area contributed by atoms with Crippen LogP contribution in [0.2, 0.25) is 0 Å². The average Bonchev–Trinajstić information content (AvgIpc) is 2.88. The maximum absolute atomic E-state index is 11.4. The van der Waals surface area contributed by atoms with Crippen LogP contribution < -0.4 is 15.4 Å². The molecule has 5 heteroatoms. The van der Waals surface area contributed by atoms with Gasteiger partial charge in [-0.3, -0.25) is 4.79 Å². The lowest BCUT2D eigenvalue weighted by Gasteiger charge is -2.37. The molecule has 1 aromatic rings. The topological polar surface area (TPSA) is 63.2 Å². The van der Waals surface area contributed by atoms with E-state index < -0.39 is 0 Å². The maximum atomic E-state index is 11.4. The van der Waals surface area contributed by atoms with Crippen LogP contribution in [-0.4, -0.2) is 29.6 Å². The van der Waals surface area contributed by atoms with Gasteiger partial charge in [0.1, 0.15) is 0 Å². The van der Waals surface area contributed by atoms with Crippen LogP contribution >= 0.6 is 0 Å². The molecule has 1 saturated heterocycles. The van der Waals surface area contributed by atoms with Crippen LogP contribution in [0.1, 0.15) is 44.1 Å². The lowest BCUT2D eigenvalue weighted by molar-refractivity contribution is -0.120. The van der Waals surface area contributed by atoms with E-state index in [0.29, 0.717) is 18.3 Å². The summed E-state index contributed by atoms with van der Waals surface area (Å²) in [5, 5.41) is 6.78. The molecule has 2 heterocycles. The first-order chi connectivity index (χ1) is 10.2. The Balaban J connectivity index is 1.51. The predicted octanol–water partition coefficient (Wildman–Crippen LogP) is 1.77. The minimum atomic E-state index is 0.0985. The monoisotopic (exact) mass is 289 g/mol. The van der Waals surface area contributed by atoms with Crippen molar-refractivity contribution in [2.45, 2.75) is 56.7 Å². The number of carbonyl (C=O) groups is 1. The molecule has 0 bridgehead atoms. The smallest absolute Gasteiger partial charge is 0.220 e. The molecular weight excluding hydrogens is 266 g/mol.